The molecule has 20 heavy (non-hydrogen) atoms. The number of hydrogen-bond acceptors (Lipinski definition) is 3. The van der Waals surface area contributed by atoms with E-state index in [1.165, 1.54) is 11.3 Å². The fourth-order valence-corrected chi connectivity index (χ4v) is 3.87. The minimum atomic E-state index is -0.874. The van der Waals surface area contributed by atoms with Crippen molar-refractivity contribution in [2.45, 2.75) is 32.7 Å². The summed E-state index contributed by atoms with van der Waals surface area (Å²) in [5, 5.41) is 12.1. The first-order valence-electron chi connectivity index (χ1n) is 6.67. The molecule has 4 nitrogen and oxygen atoms in total. The summed E-state index contributed by atoms with van der Waals surface area (Å²) in [5.74, 6) is -1.76. The van der Waals surface area contributed by atoms with E-state index in [-0.39, 0.29) is 17.9 Å². The van der Waals surface area contributed by atoms with Crippen LogP contribution in [0.1, 0.15) is 37.6 Å². The molecule has 4 atom stereocenters. The summed E-state index contributed by atoms with van der Waals surface area (Å²) in [6.45, 7) is 3.87. The quantitative estimate of drug-likeness (QED) is 0.895. The standard InChI is InChI=1S/C14H18ClNO3S/c1-7-5-9(10(6-7)14(18)19)13(17)16-8(2)11-3-4-12(15)20-11/h3-4,7-10H,5-6H2,1-2H3,(H,16,17)(H,18,19). The van der Waals surface area contributed by atoms with Gasteiger partial charge in [0.25, 0.3) is 0 Å². The molecule has 0 aromatic carbocycles. The molecule has 1 amide bonds. The normalized spacial score (nSPS) is 27.2. The van der Waals surface area contributed by atoms with E-state index in [4.69, 9.17) is 11.6 Å². The maximum Gasteiger partial charge on any atom is 0.307 e. The molecular formula is C14H18ClNO3S. The zero-order chi connectivity index (χ0) is 14.9. The number of thiophene rings is 1. The molecule has 1 aromatic heterocycles. The molecule has 2 N–H and O–H groups in total. The van der Waals surface area contributed by atoms with Gasteiger partial charge in [0.1, 0.15) is 0 Å². The van der Waals surface area contributed by atoms with Crippen molar-refractivity contribution in [3.05, 3.63) is 21.3 Å². The Kier molecular flexibility index (Phi) is 4.70. The van der Waals surface area contributed by atoms with Gasteiger partial charge >= 0.3 is 5.97 Å². The van der Waals surface area contributed by atoms with Crippen LogP contribution in [0.15, 0.2) is 12.1 Å². The van der Waals surface area contributed by atoms with Gasteiger partial charge in [-0.15, -0.1) is 11.3 Å². The highest BCUT2D eigenvalue weighted by Gasteiger charge is 2.41. The Labute approximate surface area is 127 Å². The molecule has 1 aliphatic carbocycles. The van der Waals surface area contributed by atoms with Crippen molar-refractivity contribution in [1.29, 1.82) is 0 Å². The number of carboxylic acid groups (broad SMARTS) is 1. The van der Waals surface area contributed by atoms with Crippen molar-refractivity contribution in [2.24, 2.45) is 17.8 Å². The molecule has 6 heteroatoms. The number of carboxylic acids is 1. The third kappa shape index (κ3) is 3.33. The molecule has 4 unspecified atom stereocenters. The fraction of sp³-hybridized carbons (Fsp3) is 0.571. The summed E-state index contributed by atoms with van der Waals surface area (Å²) in [6, 6.07) is 3.52. The lowest BCUT2D eigenvalue weighted by atomic mass is 9.95. The van der Waals surface area contributed by atoms with Gasteiger partial charge in [0.2, 0.25) is 5.91 Å². The molecule has 1 fully saturated rings. The van der Waals surface area contributed by atoms with Crippen LogP contribution < -0.4 is 5.32 Å². The van der Waals surface area contributed by atoms with Gasteiger partial charge in [-0.1, -0.05) is 18.5 Å². The molecular weight excluding hydrogens is 298 g/mol. The summed E-state index contributed by atoms with van der Waals surface area (Å²) in [4.78, 5) is 24.5. The molecule has 0 radical (unpaired) electrons. The van der Waals surface area contributed by atoms with Crippen molar-refractivity contribution in [3.8, 4) is 0 Å². The Morgan fingerprint density at radius 1 is 1.40 bits per heavy atom. The maximum absolute atomic E-state index is 12.3. The molecule has 0 aliphatic heterocycles. The first-order valence-corrected chi connectivity index (χ1v) is 7.86. The number of hydrogen-bond donors (Lipinski definition) is 2. The van der Waals surface area contributed by atoms with Crippen molar-refractivity contribution in [1.82, 2.24) is 5.32 Å². The Balaban J connectivity index is 2.02. The number of rotatable bonds is 4. The molecule has 2 rings (SSSR count). The summed E-state index contributed by atoms with van der Waals surface area (Å²) >= 11 is 7.30. The zero-order valence-electron chi connectivity index (χ0n) is 11.4. The Hall–Kier alpha value is -1.07. The average Bonchev–Trinajstić information content (AvgIpc) is 2.95. The molecule has 110 valence electrons. The topological polar surface area (TPSA) is 66.4 Å². The predicted octanol–water partition coefficient (Wildman–Crippen LogP) is 3.33. The van der Waals surface area contributed by atoms with Crippen LogP contribution in [0.2, 0.25) is 4.34 Å². The summed E-state index contributed by atoms with van der Waals surface area (Å²) in [5.41, 5.74) is 0. The number of carbonyl (C=O) groups excluding carboxylic acids is 1. The highest BCUT2D eigenvalue weighted by molar-refractivity contribution is 7.16. The van der Waals surface area contributed by atoms with Crippen LogP contribution in [0.4, 0.5) is 0 Å². The van der Waals surface area contributed by atoms with E-state index < -0.39 is 17.8 Å². The van der Waals surface area contributed by atoms with E-state index in [9.17, 15) is 14.7 Å². The second kappa shape index (κ2) is 6.14. The van der Waals surface area contributed by atoms with Gasteiger partial charge in [0, 0.05) is 4.88 Å². The van der Waals surface area contributed by atoms with E-state index >= 15 is 0 Å². The van der Waals surface area contributed by atoms with Crippen LogP contribution in [0.5, 0.6) is 0 Å². The van der Waals surface area contributed by atoms with Gasteiger partial charge in [-0.3, -0.25) is 9.59 Å². The van der Waals surface area contributed by atoms with Crippen LogP contribution in [0.3, 0.4) is 0 Å². The van der Waals surface area contributed by atoms with E-state index in [2.05, 4.69) is 5.32 Å². The molecule has 1 aromatic rings. The first-order chi connectivity index (χ1) is 9.38. The molecule has 0 bridgehead atoms. The Bertz CT molecular complexity index is 516. The number of carbonyl (C=O) groups is 2. The zero-order valence-corrected chi connectivity index (χ0v) is 13.0. The minimum Gasteiger partial charge on any atom is -0.481 e. The van der Waals surface area contributed by atoms with Crippen molar-refractivity contribution in [2.75, 3.05) is 0 Å². The fourth-order valence-electron chi connectivity index (χ4n) is 2.81. The van der Waals surface area contributed by atoms with Gasteiger partial charge in [-0.2, -0.15) is 0 Å². The number of halogens is 1. The molecule has 0 saturated heterocycles. The summed E-state index contributed by atoms with van der Waals surface area (Å²) in [7, 11) is 0. The van der Waals surface area contributed by atoms with Crippen molar-refractivity contribution < 1.29 is 14.7 Å². The minimum absolute atomic E-state index is 0.148. The van der Waals surface area contributed by atoms with Gasteiger partial charge in [0.15, 0.2) is 0 Å². The maximum atomic E-state index is 12.3. The van der Waals surface area contributed by atoms with Crippen LogP contribution in [-0.4, -0.2) is 17.0 Å². The molecule has 0 spiro atoms. The second-order valence-corrected chi connectivity index (χ2v) is 7.25. The monoisotopic (exact) mass is 315 g/mol. The highest BCUT2D eigenvalue weighted by atomic mass is 35.5. The van der Waals surface area contributed by atoms with Gasteiger partial charge < -0.3 is 10.4 Å². The van der Waals surface area contributed by atoms with E-state index in [0.29, 0.717) is 17.2 Å². The van der Waals surface area contributed by atoms with Crippen molar-refractivity contribution in [3.63, 3.8) is 0 Å². The summed E-state index contributed by atoms with van der Waals surface area (Å²) in [6.07, 6.45) is 1.22. The van der Waals surface area contributed by atoms with Crippen LogP contribution in [0.25, 0.3) is 0 Å². The number of aliphatic carboxylic acids is 1. The predicted molar refractivity (Wildman–Crippen MR) is 78.9 cm³/mol. The number of amides is 1. The van der Waals surface area contributed by atoms with Crippen molar-refractivity contribution >= 4 is 34.8 Å². The second-order valence-electron chi connectivity index (χ2n) is 5.50. The largest absolute Gasteiger partial charge is 0.481 e. The smallest absolute Gasteiger partial charge is 0.307 e. The lowest BCUT2D eigenvalue weighted by Gasteiger charge is -2.19. The first kappa shape index (κ1) is 15.3. The van der Waals surface area contributed by atoms with Gasteiger partial charge in [0.05, 0.1) is 22.2 Å². The molecule has 1 aliphatic rings. The average molecular weight is 316 g/mol. The SMILES string of the molecule is CC1CC(C(=O)O)C(C(=O)NC(C)c2ccc(Cl)s2)C1. The lowest BCUT2D eigenvalue weighted by Crippen LogP contribution is -2.36. The van der Waals surface area contributed by atoms with Gasteiger partial charge in [-0.25, -0.2) is 0 Å². The summed E-state index contributed by atoms with van der Waals surface area (Å²) < 4.78 is 0.680. The van der Waals surface area contributed by atoms with E-state index in [0.717, 1.165) is 4.88 Å². The van der Waals surface area contributed by atoms with Crippen LogP contribution in [-0.2, 0) is 9.59 Å². The Morgan fingerprint density at radius 3 is 2.60 bits per heavy atom. The highest BCUT2D eigenvalue weighted by Crippen LogP contribution is 2.37. The third-order valence-corrected chi connectivity index (χ3v) is 5.25. The van der Waals surface area contributed by atoms with E-state index in [1.807, 2.05) is 19.9 Å². The number of nitrogens with one attached hydrogen (secondary N) is 1. The Morgan fingerprint density at radius 2 is 2.05 bits per heavy atom. The van der Waals surface area contributed by atoms with Crippen LogP contribution >= 0.6 is 22.9 Å². The van der Waals surface area contributed by atoms with Crippen LogP contribution in [0, 0.1) is 17.8 Å². The molecule has 1 heterocycles. The van der Waals surface area contributed by atoms with E-state index in [1.54, 1.807) is 6.07 Å². The molecule has 1 saturated carbocycles. The van der Waals surface area contributed by atoms with Gasteiger partial charge in [-0.05, 0) is 37.8 Å². The third-order valence-electron chi connectivity index (χ3n) is 3.83. The lowest BCUT2D eigenvalue weighted by molar-refractivity contribution is -0.146.